The fourth-order valence-corrected chi connectivity index (χ4v) is 4.87. The molecule has 0 fully saturated rings. The highest BCUT2D eigenvalue weighted by atomic mass is 32.2. The van der Waals surface area contributed by atoms with Gasteiger partial charge in [0.05, 0.1) is 6.54 Å². The maximum atomic E-state index is 13.6. The molecule has 186 valence electrons. The molecule has 3 amide bonds. The fraction of sp³-hybridized carbons (Fsp3) is 0.333. The molecule has 1 unspecified atom stereocenters. The van der Waals surface area contributed by atoms with E-state index in [4.69, 9.17) is 0 Å². The number of rotatable bonds is 10. The highest BCUT2D eigenvalue weighted by Gasteiger charge is 2.25. The first-order chi connectivity index (χ1) is 16.8. The fourth-order valence-electron chi connectivity index (χ4n) is 3.55. The average Bonchev–Trinajstić information content (AvgIpc) is 3.27. The third-order valence-electron chi connectivity index (χ3n) is 5.97. The molecule has 2 aromatic carbocycles. The van der Waals surface area contributed by atoms with Crippen LogP contribution in [0.1, 0.15) is 36.3 Å². The van der Waals surface area contributed by atoms with E-state index < -0.39 is 0 Å². The normalized spacial score (nSPS) is 11.7. The molecule has 3 aromatic rings. The quantitative estimate of drug-likeness (QED) is 0.304. The van der Waals surface area contributed by atoms with E-state index in [2.05, 4.69) is 5.32 Å². The van der Waals surface area contributed by atoms with Crippen molar-refractivity contribution in [2.24, 2.45) is 0 Å². The first-order valence-corrected chi connectivity index (χ1v) is 13.7. The average molecular weight is 514 g/mol. The summed E-state index contributed by atoms with van der Waals surface area (Å²) in [6, 6.07) is 15.4. The molecule has 0 saturated carbocycles. The number of thiophene rings is 1. The molecular formula is C27H32FN3O2S2. The van der Waals surface area contributed by atoms with Crippen molar-refractivity contribution in [2.45, 2.75) is 51.2 Å². The predicted octanol–water partition coefficient (Wildman–Crippen LogP) is 6.78. The molecule has 0 aliphatic carbocycles. The van der Waals surface area contributed by atoms with Crippen molar-refractivity contribution < 1.29 is 14.0 Å². The minimum Gasteiger partial charge on any atom is -0.332 e. The van der Waals surface area contributed by atoms with Crippen molar-refractivity contribution >= 4 is 40.7 Å². The Bertz CT molecular complexity index is 1120. The molecule has 0 aliphatic rings. The lowest BCUT2D eigenvalue weighted by atomic mass is 10.2. The van der Waals surface area contributed by atoms with E-state index in [-0.39, 0.29) is 30.3 Å². The lowest BCUT2D eigenvalue weighted by molar-refractivity contribution is -0.133. The Morgan fingerprint density at radius 2 is 1.74 bits per heavy atom. The molecule has 0 radical (unpaired) electrons. The SMILES string of the molecule is CCC(C)N(CC(=O)N(Cc1ccc(F)cc1)Cc1sccc1C)C(=O)Nc1ccc(SC)cc1. The van der Waals surface area contributed by atoms with E-state index in [0.717, 1.165) is 20.9 Å². The molecular weight excluding hydrogens is 481 g/mol. The summed E-state index contributed by atoms with van der Waals surface area (Å²) in [5.74, 6) is -0.471. The van der Waals surface area contributed by atoms with Crippen LogP contribution >= 0.6 is 23.1 Å². The van der Waals surface area contributed by atoms with Crippen LogP contribution in [-0.2, 0) is 17.9 Å². The molecule has 0 bridgehead atoms. The number of urea groups is 1. The first-order valence-electron chi connectivity index (χ1n) is 11.6. The topological polar surface area (TPSA) is 52.7 Å². The smallest absolute Gasteiger partial charge is 0.322 e. The van der Waals surface area contributed by atoms with E-state index >= 15 is 0 Å². The number of aryl methyl sites for hydroxylation is 1. The number of benzene rings is 2. The first kappa shape index (κ1) is 26.8. The molecule has 0 saturated heterocycles. The molecule has 1 heterocycles. The van der Waals surface area contributed by atoms with Gasteiger partial charge in [0.25, 0.3) is 0 Å². The summed E-state index contributed by atoms with van der Waals surface area (Å²) < 4.78 is 13.4. The van der Waals surface area contributed by atoms with Crippen molar-refractivity contribution in [1.82, 2.24) is 9.80 Å². The largest absolute Gasteiger partial charge is 0.332 e. The van der Waals surface area contributed by atoms with Crippen molar-refractivity contribution in [1.29, 1.82) is 0 Å². The molecule has 5 nitrogen and oxygen atoms in total. The van der Waals surface area contributed by atoms with Crippen molar-refractivity contribution in [3.05, 3.63) is 81.8 Å². The Hall–Kier alpha value is -2.84. The van der Waals surface area contributed by atoms with Gasteiger partial charge in [-0.1, -0.05) is 19.1 Å². The maximum absolute atomic E-state index is 13.6. The van der Waals surface area contributed by atoms with Crippen LogP contribution in [0.5, 0.6) is 0 Å². The van der Waals surface area contributed by atoms with Gasteiger partial charge in [0, 0.05) is 28.0 Å². The van der Waals surface area contributed by atoms with Crippen molar-refractivity contribution in [2.75, 3.05) is 18.1 Å². The van der Waals surface area contributed by atoms with Gasteiger partial charge in [0.15, 0.2) is 0 Å². The third kappa shape index (κ3) is 7.57. The molecule has 1 aromatic heterocycles. The molecule has 3 rings (SSSR count). The lowest BCUT2D eigenvalue weighted by Gasteiger charge is -2.31. The highest BCUT2D eigenvalue weighted by Crippen LogP contribution is 2.21. The summed E-state index contributed by atoms with van der Waals surface area (Å²) in [7, 11) is 0. The van der Waals surface area contributed by atoms with Gasteiger partial charge in [-0.2, -0.15) is 0 Å². The zero-order chi connectivity index (χ0) is 25.4. The molecule has 1 atom stereocenters. The molecule has 8 heteroatoms. The number of hydrogen-bond acceptors (Lipinski definition) is 4. The number of hydrogen-bond donors (Lipinski definition) is 1. The Labute approximate surface area is 215 Å². The van der Waals surface area contributed by atoms with Gasteiger partial charge >= 0.3 is 6.03 Å². The Balaban J connectivity index is 1.78. The van der Waals surface area contributed by atoms with Crippen LogP contribution < -0.4 is 5.32 Å². The van der Waals surface area contributed by atoms with E-state index in [9.17, 15) is 14.0 Å². The van der Waals surface area contributed by atoms with Crippen molar-refractivity contribution in [3.8, 4) is 0 Å². The van der Waals surface area contributed by atoms with Gasteiger partial charge in [-0.15, -0.1) is 23.1 Å². The van der Waals surface area contributed by atoms with Crippen LogP contribution in [0, 0.1) is 12.7 Å². The maximum Gasteiger partial charge on any atom is 0.322 e. The number of halogens is 1. The summed E-state index contributed by atoms with van der Waals surface area (Å²) in [4.78, 5) is 32.3. The molecule has 1 N–H and O–H groups in total. The minimum absolute atomic E-state index is 0.0463. The van der Waals surface area contributed by atoms with Crippen LogP contribution in [0.4, 0.5) is 14.9 Å². The number of thioether (sulfide) groups is 1. The Morgan fingerprint density at radius 1 is 1.06 bits per heavy atom. The number of nitrogens with one attached hydrogen (secondary N) is 1. The summed E-state index contributed by atoms with van der Waals surface area (Å²) >= 11 is 3.23. The number of amides is 3. The van der Waals surface area contributed by atoms with Gasteiger partial charge < -0.3 is 15.1 Å². The lowest BCUT2D eigenvalue weighted by Crippen LogP contribution is -2.47. The number of nitrogens with zero attached hydrogens (tertiary/aromatic N) is 2. The Morgan fingerprint density at radius 3 is 2.31 bits per heavy atom. The van der Waals surface area contributed by atoms with Crippen LogP contribution in [-0.4, -0.2) is 40.6 Å². The standard InChI is InChI=1S/C27H32FN3O2S2/c1-5-20(3)31(27(33)29-23-10-12-24(34-4)13-11-23)18-26(32)30(17-25-19(2)14-15-35-25)16-21-6-8-22(28)9-7-21/h6-15,20H,5,16-18H2,1-4H3,(H,29,33). The monoisotopic (exact) mass is 513 g/mol. The van der Waals surface area contributed by atoms with E-state index in [1.165, 1.54) is 12.1 Å². The van der Waals surface area contributed by atoms with Crippen LogP contribution in [0.3, 0.4) is 0 Å². The summed E-state index contributed by atoms with van der Waals surface area (Å²) in [6.07, 6.45) is 2.72. The van der Waals surface area contributed by atoms with Crippen LogP contribution in [0.25, 0.3) is 0 Å². The Kier molecular flexibility index (Phi) is 9.74. The van der Waals surface area contributed by atoms with Gasteiger partial charge in [0.2, 0.25) is 5.91 Å². The zero-order valence-corrected chi connectivity index (χ0v) is 22.2. The zero-order valence-electron chi connectivity index (χ0n) is 20.6. The number of carbonyl (C=O) groups excluding carboxylic acids is 2. The molecule has 0 spiro atoms. The highest BCUT2D eigenvalue weighted by molar-refractivity contribution is 7.98. The second-order valence-electron chi connectivity index (χ2n) is 8.45. The van der Waals surface area contributed by atoms with E-state index in [0.29, 0.717) is 25.2 Å². The summed E-state index contributed by atoms with van der Waals surface area (Å²) in [5, 5.41) is 4.94. The number of carbonyl (C=O) groups is 2. The van der Waals surface area contributed by atoms with Crippen molar-refractivity contribution in [3.63, 3.8) is 0 Å². The minimum atomic E-state index is -0.314. The number of anilines is 1. The second kappa shape index (κ2) is 12.7. The van der Waals surface area contributed by atoms with Gasteiger partial charge in [-0.05, 0) is 85.5 Å². The van der Waals surface area contributed by atoms with Crippen LogP contribution in [0.15, 0.2) is 64.9 Å². The van der Waals surface area contributed by atoms with Gasteiger partial charge in [-0.25, -0.2) is 9.18 Å². The van der Waals surface area contributed by atoms with E-state index in [1.54, 1.807) is 45.0 Å². The third-order valence-corrected chi connectivity index (χ3v) is 7.72. The molecule has 35 heavy (non-hydrogen) atoms. The van der Waals surface area contributed by atoms with E-state index in [1.807, 2.05) is 62.7 Å². The van der Waals surface area contributed by atoms with Gasteiger partial charge in [0.1, 0.15) is 12.4 Å². The predicted molar refractivity (Wildman–Crippen MR) is 143 cm³/mol. The summed E-state index contributed by atoms with van der Waals surface area (Å²) in [5.41, 5.74) is 2.64. The second-order valence-corrected chi connectivity index (χ2v) is 10.3. The molecule has 0 aliphatic heterocycles. The van der Waals surface area contributed by atoms with Gasteiger partial charge in [-0.3, -0.25) is 4.79 Å². The van der Waals surface area contributed by atoms with Crippen LogP contribution in [0.2, 0.25) is 0 Å². The summed E-state index contributed by atoms with van der Waals surface area (Å²) in [6.45, 7) is 6.68.